The van der Waals surface area contributed by atoms with E-state index >= 15 is 0 Å². The van der Waals surface area contributed by atoms with Crippen LogP contribution in [0.3, 0.4) is 0 Å². The molecule has 4 nitrogen and oxygen atoms in total. The lowest BCUT2D eigenvalue weighted by atomic mass is 10.2. The number of aryl methyl sites for hydroxylation is 1. The van der Waals surface area contributed by atoms with Gasteiger partial charge in [-0.1, -0.05) is 18.2 Å². The third kappa shape index (κ3) is 4.49. The molecule has 0 spiro atoms. The summed E-state index contributed by atoms with van der Waals surface area (Å²) < 4.78 is 5.64. The number of aliphatic hydroxyl groups excluding tert-OH is 2. The summed E-state index contributed by atoms with van der Waals surface area (Å²) in [4.78, 5) is 2.14. The first kappa shape index (κ1) is 14.3. The molecule has 1 saturated carbocycles. The molecule has 0 aromatic heterocycles. The van der Waals surface area contributed by atoms with Crippen LogP contribution in [0.5, 0.6) is 5.75 Å². The Hall–Kier alpha value is -1.10. The van der Waals surface area contributed by atoms with E-state index in [0.717, 1.165) is 11.3 Å². The molecule has 106 valence electrons. The van der Waals surface area contributed by atoms with Crippen molar-refractivity contribution in [2.24, 2.45) is 0 Å². The molecule has 19 heavy (non-hydrogen) atoms. The summed E-state index contributed by atoms with van der Waals surface area (Å²) in [5.74, 6) is 0.821. The van der Waals surface area contributed by atoms with Crippen LogP contribution in [0.15, 0.2) is 24.3 Å². The summed E-state index contributed by atoms with van der Waals surface area (Å²) in [7, 11) is 0. The minimum Gasteiger partial charge on any atom is -0.491 e. The van der Waals surface area contributed by atoms with E-state index in [0.29, 0.717) is 25.7 Å². The average molecular weight is 265 g/mol. The summed E-state index contributed by atoms with van der Waals surface area (Å²) in [5, 5.41) is 19.0. The standard InChI is InChI=1S/C15H23NO3/c1-12-4-2-3-5-15(12)19-11-14(18)10-16(8-9-17)13-6-7-13/h2-5,13-14,17-18H,6-11H2,1H3. The second-order valence-corrected chi connectivity index (χ2v) is 5.18. The van der Waals surface area contributed by atoms with Gasteiger partial charge in [-0.05, 0) is 31.4 Å². The molecule has 1 aliphatic carbocycles. The van der Waals surface area contributed by atoms with Crippen molar-refractivity contribution in [1.82, 2.24) is 4.90 Å². The van der Waals surface area contributed by atoms with Crippen molar-refractivity contribution in [2.75, 3.05) is 26.3 Å². The van der Waals surface area contributed by atoms with Gasteiger partial charge in [-0.15, -0.1) is 0 Å². The molecule has 1 aliphatic rings. The van der Waals surface area contributed by atoms with Crippen LogP contribution in [-0.4, -0.2) is 53.6 Å². The number of hydrogen-bond acceptors (Lipinski definition) is 4. The van der Waals surface area contributed by atoms with E-state index < -0.39 is 6.10 Å². The van der Waals surface area contributed by atoms with Crippen LogP contribution >= 0.6 is 0 Å². The van der Waals surface area contributed by atoms with Crippen LogP contribution in [0.2, 0.25) is 0 Å². The molecule has 1 atom stereocenters. The minimum absolute atomic E-state index is 0.141. The molecular formula is C15H23NO3. The number of ether oxygens (including phenoxy) is 1. The van der Waals surface area contributed by atoms with Gasteiger partial charge < -0.3 is 14.9 Å². The molecule has 1 fully saturated rings. The minimum atomic E-state index is -0.522. The first-order valence-corrected chi connectivity index (χ1v) is 6.92. The van der Waals surface area contributed by atoms with Gasteiger partial charge in [0.25, 0.3) is 0 Å². The molecule has 1 aromatic carbocycles. The zero-order chi connectivity index (χ0) is 13.7. The zero-order valence-corrected chi connectivity index (χ0v) is 11.5. The summed E-state index contributed by atoms with van der Waals surface area (Å²) in [5.41, 5.74) is 1.07. The third-order valence-electron chi connectivity index (χ3n) is 3.42. The molecule has 0 bridgehead atoms. The van der Waals surface area contributed by atoms with Crippen molar-refractivity contribution < 1.29 is 14.9 Å². The molecular weight excluding hydrogens is 242 g/mol. The van der Waals surface area contributed by atoms with Crippen LogP contribution in [0.4, 0.5) is 0 Å². The highest BCUT2D eigenvalue weighted by Crippen LogP contribution is 2.26. The van der Waals surface area contributed by atoms with E-state index in [4.69, 9.17) is 9.84 Å². The highest BCUT2D eigenvalue weighted by Gasteiger charge is 2.29. The number of para-hydroxylation sites is 1. The van der Waals surface area contributed by atoms with Crippen molar-refractivity contribution in [1.29, 1.82) is 0 Å². The highest BCUT2D eigenvalue weighted by atomic mass is 16.5. The second kappa shape index (κ2) is 6.89. The number of hydrogen-bond donors (Lipinski definition) is 2. The Kier molecular flexibility index (Phi) is 5.19. The van der Waals surface area contributed by atoms with Gasteiger partial charge in [0, 0.05) is 19.1 Å². The van der Waals surface area contributed by atoms with Gasteiger partial charge >= 0.3 is 0 Å². The number of nitrogens with zero attached hydrogens (tertiary/aromatic N) is 1. The quantitative estimate of drug-likeness (QED) is 0.741. The van der Waals surface area contributed by atoms with Gasteiger partial charge in [0.1, 0.15) is 18.5 Å². The monoisotopic (exact) mass is 265 g/mol. The summed E-state index contributed by atoms with van der Waals surface area (Å²) in [6, 6.07) is 8.34. The fourth-order valence-electron chi connectivity index (χ4n) is 2.22. The van der Waals surface area contributed by atoms with Gasteiger partial charge in [0.15, 0.2) is 0 Å². The first-order valence-electron chi connectivity index (χ1n) is 6.92. The van der Waals surface area contributed by atoms with Gasteiger partial charge in [0.2, 0.25) is 0 Å². The Morgan fingerprint density at radius 3 is 2.74 bits per heavy atom. The van der Waals surface area contributed by atoms with E-state index in [1.165, 1.54) is 12.8 Å². The van der Waals surface area contributed by atoms with Gasteiger partial charge in [-0.25, -0.2) is 0 Å². The maximum Gasteiger partial charge on any atom is 0.122 e. The van der Waals surface area contributed by atoms with Crippen molar-refractivity contribution in [2.45, 2.75) is 31.9 Å². The average Bonchev–Trinajstić information content (AvgIpc) is 3.21. The fraction of sp³-hybridized carbons (Fsp3) is 0.600. The van der Waals surface area contributed by atoms with Crippen molar-refractivity contribution in [3.05, 3.63) is 29.8 Å². The molecule has 0 radical (unpaired) electrons. The molecule has 2 N–H and O–H groups in total. The maximum absolute atomic E-state index is 10.0. The fourth-order valence-corrected chi connectivity index (χ4v) is 2.22. The largest absolute Gasteiger partial charge is 0.491 e. The molecule has 4 heteroatoms. The van der Waals surface area contributed by atoms with E-state index in [9.17, 15) is 5.11 Å². The number of benzene rings is 1. The Labute approximate surface area is 114 Å². The van der Waals surface area contributed by atoms with Gasteiger partial charge in [-0.2, -0.15) is 0 Å². The number of rotatable bonds is 8. The van der Waals surface area contributed by atoms with Gasteiger partial charge in [0.05, 0.1) is 6.61 Å². The van der Waals surface area contributed by atoms with Crippen LogP contribution in [0.1, 0.15) is 18.4 Å². The van der Waals surface area contributed by atoms with Gasteiger partial charge in [-0.3, -0.25) is 4.90 Å². The van der Waals surface area contributed by atoms with Crippen molar-refractivity contribution in [3.8, 4) is 5.75 Å². The normalized spacial score (nSPS) is 16.6. The zero-order valence-electron chi connectivity index (χ0n) is 11.5. The van der Waals surface area contributed by atoms with Crippen LogP contribution in [0.25, 0.3) is 0 Å². The van der Waals surface area contributed by atoms with Crippen molar-refractivity contribution in [3.63, 3.8) is 0 Å². The predicted molar refractivity (Wildman–Crippen MR) is 74.4 cm³/mol. The SMILES string of the molecule is Cc1ccccc1OCC(O)CN(CCO)C1CC1. The van der Waals surface area contributed by atoms with Crippen molar-refractivity contribution >= 4 is 0 Å². The lowest BCUT2D eigenvalue weighted by Gasteiger charge is -2.24. The summed E-state index contributed by atoms with van der Waals surface area (Å²) in [6.45, 7) is 3.62. The van der Waals surface area contributed by atoms with E-state index in [1.807, 2.05) is 31.2 Å². The van der Waals surface area contributed by atoms with E-state index in [1.54, 1.807) is 0 Å². The second-order valence-electron chi connectivity index (χ2n) is 5.18. The summed E-state index contributed by atoms with van der Waals surface area (Å²) in [6.07, 6.45) is 1.82. The van der Waals surface area contributed by atoms with Crippen LogP contribution in [-0.2, 0) is 0 Å². The molecule has 0 amide bonds. The number of aliphatic hydroxyl groups is 2. The molecule has 0 aliphatic heterocycles. The molecule has 2 rings (SSSR count). The molecule has 1 aromatic rings. The van der Waals surface area contributed by atoms with E-state index in [2.05, 4.69) is 4.90 Å². The smallest absolute Gasteiger partial charge is 0.122 e. The first-order chi connectivity index (χ1) is 9.20. The molecule has 0 heterocycles. The maximum atomic E-state index is 10.0. The molecule has 1 unspecified atom stereocenters. The Balaban J connectivity index is 1.77. The predicted octanol–water partition coefficient (Wildman–Crippen LogP) is 1.19. The lowest BCUT2D eigenvalue weighted by molar-refractivity contribution is 0.0586. The lowest BCUT2D eigenvalue weighted by Crippen LogP contribution is -2.38. The third-order valence-corrected chi connectivity index (χ3v) is 3.42. The summed E-state index contributed by atoms with van der Waals surface area (Å²) >= 11 is 0. The van der Waals surface area contributed by atoms with E-state index in [-0.39, 0.29) is 6.61 Å². The topological polar surface area (TPSA) is 52.9 Å². The Bertz CT molecular complexity index is 393. The molecule has 0 saturated heterocycles. The Morgan fingerprint density at radius 1 is 1.37 bits per heavy atom. The highest BCUT2D eigenvalue weighted by molar-refractivity contribution is 5.31. The van der Waals surface area contributed by atoms with Crippen LogP contribution in [0, 0.1) is 6.92 Å². The van der Waals surface area contributed by atoms with Crippen LogP contribution < -0.4 is 4.74 Å². The Morgan fingerprint density at radius 2 is 2.11 bits per heavy atom.